The summed E-state index contributed by atoms with van der Waals surface area (Å²) in [6, 6.07) is 11.8. The number of phenols is 1. The average Bonchev–Trinajstić information content (AvgIpc) is 2.33. The third-order valence-corrected chi connectivity index (χ3v) is 2.60. The van der Waals surface area contributed by atoms with Crippen LogP contribution in [0.2, 0.25) is 0 Å². The molecule has 0 spiro atoms. The first kappa shape index (κ1) is 11.1. The highest BCUT2D eigenvalue weighted by molar-refractivity contribution is 5.75. The maximum absolute atomic E-state index is 11.0. The van der Waals surface area contributed by atoms with Crippen LogP contribution < -0.4 is 0 Å². The lowest BCUT2D eigenvalue weighted by Crippen LogP contribution is -1.93. The van der Waals surface area contributed by atoms with Gasteiger partial charge in [0, 0.05) is 6.07 Å². The van der Waals surface area contributed by atoms with Crippen molar-refractivity contribution < 1.29 is 10.0 Å². The quantitative estimate of drug-likeness (QED) is 0.634. The number of nitrogens with zero attached hydrogens (tertiary/aromatic N) is 1. The molecular weight excluding hydrogens is 218 g/mol. The van der Waals surface area contributed by atoms with Gasteiger partial charge in [-0.1, -0.05) is 30.3 Å². The van der Waals surface area contributed by atoms with Crippen molar-refractivity contribution in [1.29, 1.82) is 0 Å². The van der Waals surface area contributed by atoms with Crippen LogP contribution in [0.1, 0.15) is 5.56 Å². The van der Waals surface area contributed by atoms with Crippen LogP contribution in [0.25, 0.3) is 11.1 Å². The van der Waals surface area contributed by atoms with E-state index in [1.165, 1.54) is 12.1 Å². The zero-order valence-electron chi connectivity index (χ0n) is 9.25. The summed E-state index contributed by atoms with van der Waals surface area (Å²) in [6.07, 6.45) is 0. The van der Waals surface area contributed by atoms with Gasteiger partial charge in [-0.3, -0.25) is 10.1 Å². The molecule has 2 rings (SSSR count). The Labute approximate surface area is 98.3 Å². The molecule has 4 heteroatoms. The number of rotatable bonds is 2. The predicted molar refractivity (Wildman–Crippen MR) is 64.9 cm³/mol. The second kappa shape index (κ2) is 4.25. The minimum Gasteiger partial charge on any atom is -0.508 e. The minimum atomic E-state index is -0.436. The molecule has 17 heavy (non-hydrogen) atoms. The predicted octanol–water partition coefficient (Wildman–Crippen LogP) is 3.28. The second-order valence-electron chi connectivity index (χ2n) is 3.78. The molecule has 0 aliphatic rings. The van der Waals surface area contributed by atoms with Gasteiger partial charge >= 0.3 is 0 Å². The number of nitro groups is 1. The van der Waals surface area contributed by atoms with Crippen molar-refractivity contribution in [3.63, 3.8) is 0 Å². The van der Waals surface area contributed by atoms with Crippen molar-refractivity contribution in [3.05, 3.63) is 58.1 Å². The van der Waals surface area contributed by atoms with Gasteiger partial charge in [-0.25, -0.2) is 0 Å². The van der Waals surface area contributed by atoms with E-state index in [1.54, 1.807) is 31.2 Å². The lowest BCUT2D eigenvalue weighted by Gasteiger charge is -2.06. The summed E-state index contributed by atoms with van der Waals surface area (Å²) in [5.74, 6) is 0.0643. The fourth-order valence-corrected chi connectivity index (χ4v) is 1.68. The molecule has 0 saturated heterocycles. The molecule has 0 atom stereocenters. The molecule has 0 radical (unpaired) electrons. The molecule has 0 heterocycles. The molecule has 0 aromatic heterocycles. The maximum Gasteiger partial charge on any atom is 0.277 e. The summed E-state index contributed by atoms with van der Waals surface area (Å²) in [5, 5.41) is 20.6. The summed E-state index contributed by atoms with van der Waals surface area (Å²) in [7, 11) is 0. The number of benzene rings is 2. The van der Waals surface area contributed by atoms with Crippen LogP contribution in [-0.4, -0.2) is 10.0 Å². The molecular formula is C13H11NO3. The van der Waals surface area contributed by atoms with Gasteiger partial charge in [-0.05, 0) is 24.1 Å². The fraction of sp³-hybridized carbons (Fsp3) is 0.0769. The molecule has 2 aromatic carbocycles. The van der Waals surface area contributed by atoms with Gasteiger partial charge in [0.25, 0.3) is 5.69 Å². The molecule has 86 valence electrons. The second-order valence-corrected chi connectivity index (χ2v) is 3.78. The van der Waals surface area contributed by atoms with Crippen LogP contribution in [0.3, 0.4) is 0 Å². The molecule has 2 aromatic rings. The number of aryl methyl sites for hydroxylation is 1. The molecule has 0 bridgehead atoms. The summed E-state index contributed by atoms with van der Waals surface area (Å²) in [5.41, 5.74) is 1.65. The Morgan fingerprint density at radius 3 is 2.41 bits per heavy atom. The first-order valence-electron chi connectivity index (χ1n) is 5.13. The largest absolute Gasteiger partial charge is 0.508 e. The summed E-state index contributed by atoms with van der Waals surface area (Å²) >= 11 is 0. The SMILES string of the molecule is Cc1cc([N+](=O)[O-])c(-c2ccccc2)cc1O. The van der Waals surface area contributed by atoms with E-state index in [-0.39, 0.29) is 11.4 Å². The third-order valence-electron chi connectivity index (χ3n) is 2.60. The Kier molecular flexibility index (Phi) is 2.78. The van der Waals surface area contributed by atoms with Gasteiger partial charge in [-0.2, -0.15) is 0 Å². The van der Waals surface area contributed by atoms with E-state index < -0.39 is 4.92 Å². The van der Waals surface area contributed by atoms with Crippen LogP contribution in [-0.2, 0) is 0 Å². The number of aromatic hydroxyl groups is 1. The van der Waals surface area contributed by atoms with E-state index in [2.05, 4.69) is 0 Å². The van der Waals surface area contributed by atoms with E-state index in [0.717, 1.165) is 5.56 Å². The van der Waals surface area contributed by atoms with Crippen LogP contribution in [0.5, 0.6) is 5.75 Å². The first-order chi connectivity index (χ1) is 8.09. The number of phenolic OH excluding ortho intramolecular Hbond substituents is 1. The molecule has 0 saturated carbocycles. The van der Waals surface area contributed by atoms with Gasteiger partial charge < -0.3 is 5.11 Å². The van der Waals surface area contributed by atoms with E-state index in [4.69, 9.17) is 0 Å². The minimum absolute atomic E-state index is 0.00602. The standard InChI is InChI=1S/C13H11NO3/c1-9-7-12(14(16)17)11(8-13(9)15)10-5-3-2-4-6-10/h2-8,15H,1H3. The zero-order valence-corrected chi connectivity index (χ0v) is 9.25. The van der Waals surface area contributed by atoms with Crippen LogP contribution >= 0.6 is 0 Å². The van der Waals surface area contributed by atoms with E-state index >= 15 is 0 Å². The van der Waals surface area contributed by atoms with E-state index in [9.17, 15) is 15.2 Å². The third kappa shape index (κ3) is 2.10. The smallest absolute Gasteiger partial charge is 0.277 e. The van der Waals surface area contributed by atoms with Crippen molar-refractivity contribution in [2.75, 3.05) is 0 Å². The molecule has 0 unspecified atom stereocenters. The van der Waals surface area contributed by atoms with Crippen LogP contribution in [0, 0.1) is 17.0 Å². The topological polar surface area (TPSA) is 63.4 Å². The summed E-state index contributed by atoms with van der Waals surface area (Å²) in [6.45, 7) is 1.64. The Balaban J connectivity index is 2.68. The Bertz CT molecular complexity index is 564. The normalized spacial score (nSPS) is 10.2. The lowest BCUT2D eigenvalue weighted by atomic mass is 10.0. The van der Waals surface area contributed by atoms with Crippen molar-refractivity contribution in [2.24, 2.45) is 0 Å². The van der Waals surface area contributed by atoms with Crippen LogP contribution in [0.15, 0.2) is 42.5 Å². The lowest BCUT2D eigenvalue weighted by molar-refractivity contribution is -0.384. The number of hydrogen-bond donors (Lipinski definition) is 1. The van der Waals surface area contributed by atoms with Gasteiger partial charge in [0.2, 0.25) is 0 Å². The summed E-state index contributed by atoms with van der Waals surface area (Å²) < 4.78 is 0. The van der Waals surface area contributed by atoms with Crippen molar-refractivity contribution in [2.45, 2.75) is 6.92 Å². The molecule has 0 aliphatic carbocycles. The highest BCUT2D eigenvalue weighted by Gasteiger charge is 2.17. The van der Waals surface area contributed by atoms with E-state index in [0.29, 0.717) is 11.1 Å². The summed E-state index contributed by atoms with van der Waals surface area (Å²) in [4.78, 5) is 10.5. The van der Waals surface area contributed by atoms with Gasteiger partial charge in [0.15, 0.2) is 0 Å². The van der Waals surface area contributed by atoms with Gasteiger partial charge in [0.05, 0.1) is 10.5 Å². The number of nitro benzene ring substituents is 1. The van der Waals surface area contributed by atoms with E-state index in [1.807, 2.05) is 6.07 Å². The molecule has 0 aliphatic heterocycles. The fourth-order valence-electron chi connectivity index (χ4n) is 1.68. The molecule has 4 nitrogen and oxygen atoms in total. The monoisotopic (exact) mass is 229 g/mol. The van der Waals surface area contributed by atoms with Gasteiger partial charge in [-0.15, -0.1) is 0 Å². The number of hydrogen-bond acceptors (Lipinski definition) is 3. The zero-order chi connectivity index (χ0) is 12.4. The van der Waals surface area contributed by atoms with Crippen LogP contribution in [0.4, 0.5) is 5.69 Å². The van der Waals surface area contributed by atoms with Crippen molar-refractivity contribution in [1.82, 2.24) is 0 Å². The highest BCUT2D eigenvalue weighted by atomic mass is 16.6. The average molecular weight is 229 g/mol. The molecule has 0 fully saturated rings. The van der Waals surface area contributed by atoms with Gasteiger partial charge in [0.1, 0.15) is 5.75 Å². The Morgan fingerprint density at radius 2 is 1.82 bits per heavy atom. The first-order valence-corrected chi connectivity index (χ1v) is 5.13. The Morgan fingerprint density at radius 1 is 1.18 bits per heavy atom. The highest BCUT2D eigenvalue weighted by Crippen LogP contribution is 2.34. The van der Waals surface area contributed by atoms with Crippen molar-refractivity contribution >= 4 is 5.69 Å². The molecule has 0 amide bonds. The Hall–Kier alpha value is -2.36. The molecule has 1 N–H and O–H groups in total. The van der Waals surface area contributed by atoms with Crippen molar-refractivity contribution in [3.8, 4) is 16.9 Å². The maximum atomic E-state index is 11.0.